The number of rotatable bonds is 6. The van der Waals surface area contributed by atoms with Gasteiger partial charge < -0.3 is 14.0 Å². The Balaban J connectivity index is 1.66. The Morgan fingerprint density at radius 2 is 2.04 bits per heavy atom. The standard InChI is InChI=1S/C17H14IN3O4/c1-23-10-24-15-7-4-12(9-19-15)17(22)20-16-8-14(21-25-16)11-2-5-13(18)6-3-11/h2-9H,10H2,1H3,(H,20,22). The molecule has 0 radical (unpaired) electrons. The van der Waals surface area contributed by atoms with Crippen molar-refractivity contribution in [2.75, 3.05) is 19.2 Å². The van der Waals surface area contributed by atoms with Crippen LogP contribution in [0.1, 0.15) is 10.4 Å². The number of benzene rings is 1. The number of ether oxygens (including phenoxy) is 2. The molecule has 128 valence electrons. The molecule has 0 aliphatic carbocycles. The van der Waals surface area contributed by atoms with Gasteiger partial charge >= 0.3 is 0 Å². The summed E-state index contributed by atoms with van der Waals surface area (Å²) in [7, 11) is 1.52. The van der Waals surface area contributed by atoms with Crippen LogP contribution in [0.5, 0.6) is 5.88 Å². The Hall–Kier alpha value is -2.46. The zero-order valence-corrected chi connectivity index (χ0v) is 15.4. The van der Waals surface area contributed by atoms with Crippen molar-refractivity contribution < 1.29 is 18.8 Å². The largest absolute Gasteiger partial charge is 0.451 e. The molecule has 1 N–H and O–H groups in total. The summed E-state index contributed by atoms with van der Waals surface area (Å²) in [5.74, 6) is 0.286. The molecule has 0 saturated carbocycles. The molecule has 0 aliphatic heterocycles. The summed E-state index contributed by atoms with van der Waals surface area (Å²) in [5, 5.41) is 6.62. The maximum absolute atomic E-state index is 12.2. The smallest absolute Gasteiger partial charge is 0.259 e. The number of hydrogen-bond donors (Lipinski definition) is 1. The molecule has 0 unspecified atom stereocenters. The van der Waals surface area contributed by atoms with E-state index in [1.54, 1.807) is 18.2 Å². The second kappa shape index (κ2) is 8.08. The van der Waals surface area contributed by atoms with E-state index >= 15 is 0 Å². The topological polar surface area (TPSA) is 86.5 Å². The SMILES string of the molecule is COCOc1ccc(C(=O)Nc2cc(-c3ccc(I)cc3)no2)cn1. The number of anilines is 1. The molecule has 2 aromatic heterocycles. The Kier molecular flexibility index (Phi) is 5.61. The van der Waals surface area contributed by atoms with Crippen molar-refractivity contribution in [3.8, 4) is 17.1 Å². The van der Waals surface area contributed by atoms with Crippen LogP contribution in [-0.4, -0.2) is 30.0 Å². The fourth-order valence-corrected chi connectivity index (χ4v) is 2.35. The second-order valence-corrected chi connectivity index (χ2v) is 6.22. The lowest BCUT2D eigenvalue weighted by Crippen LogP contribution is -2.11. The van der Waals surface area contributed by atoms with E-state index in [2.05, 4.69) is 38.0 Å². The number of halogens is 1. The van der Waals surface area contributed by atoms with E-state index in [0.29, 0.717) is 17.1 Å². The molecule has 25 heavy (non-hydrogen) atoms. The van der Waals surface area contributed by atoms with Crippen molar-refractivity contribution in [3.63, 3.8) is 0 Å². The summed E-state index contributed by atoms with van der Waals surface area (Å²) in [4.78, 5) is 16.3. The quantitative estimate of drug-likeness (QED) is 0.456. The molecule has 0 bridgehead atoms. The molecule has 1 aromatic carbocycles. The molecule has 0 saturated heterocycles. The van der Waals surface area contributed by atoms with Crippen molar-refractivity contribution >= 4 is 34.4 Å². The number of hydrogen-bond acceptors (Lipinski definition) is 6. The van der Waals surface area contributed by atoms with Gasteiger partial charge in [-0.15, -0.1) is 0 Å². The molecule has 0 spiro atoms. The molecular formula is C17H14IN3O4. The fourth-order valence-electron chi connectivity index (χ4n) is 1.99. The number of aromatic nitrogens is 2. The van der Waals surface area contributed by atoms with E-state index in [0.717, 1.165) is 9.13 Å². The van der Waals surface area contributed by atoms with E-state index < -0.39 is 0 Å². The van der Waals surface area contributed by atoms with Gasteiger partial charge in [0.05, 0.1) is 5.56 Å². The van der Waals surface area contributed by atoms with Gasteiger partial charge in [0, 0.05) is 34.6 Å². The van der Waals surface area contributed by atoms with Crippen LogP contribution in [-0.2, 0) is 4.74 Å². The van der Waals surface area contributed by atoms with Crippen LogP contribution in [0.15, 0.2) is 53.2 Å². The highest BCUT2D eigenvalue weighted by Crippen LogP contribution is 2.23. The maximum Gasteiger partial charge on any atom is 0.259 e. The number of amides is 1. The van der Waals surface area contributed by atoms with Crippen molar-refractivity contribution in [3.05, 3.63) is 57.8 Å². The van der Waals surface area contributed by atoms with Crippen LogP contribution in [0.2, 0.25) is 0 Å². The Morgan fingerprint density at radius 1 is 1.24 bits per heavy atom. The fraction of sp³-hybridized carbons (Fsp3) is 0.118. The number of methoxy groups -OCH3 is 1. The molecule has 3 rings (SSSR count). The molecule has 3 aromatic rings. The normalized spacial score (nSPS) is 10.5. The summed E-state index contributed by atoms with van der Waals surface area (Å²) in [6.07, 6.45) is 1.41. The molecule has 7 nitrogen and oxygen atoms in total. The third kappa shape index (κ3) is 4.54. The van der Waals surface area contributed by atoms with Crippen LogP contribution in [0.25, 0.3) is 11.3 Å². The number of carbonyl (C=O) groups excluding carboxylic acids is 1. The monoisotopic (exact) mass is 451 g/mol. The van der Waals surface area contributed by atoms with Gasteiger partial charge in [0.25, 0.3) is 5.91 Å². The minimum absolute atomic E-state index is 0.0952. The van der Waals surface area contributed by atoms with Crippen LogP contribution < -0.4 is 10.1 Å². The minimum Gasteiger partial charge on any atom is -0.451 e. The first-order valence-electron chi connectivity index (χ1n) is 7.27. The Morgan fingerprint density at radius 3 is 2.72 bits per heavy atom. The molecular weight excluding hydrogens is 437 g/mol. The van der Waals surface area contributed by atoms with Gasteiger partial charge in [0.2, 0.25) is 11.8 Å². The van der Waals surface area contributed by atoms with Crippen molar-refractivity contribution in [1.82, 2.24) is 10.1 Å². The van der Waals surface area contributed by atoms with Crippen molar-refractivity contribution in [2.45, 2.75) is 0 Å². The lowest BCUT2D eigenvalue weighted by molar-refractivity contribution is 0.0478. The van der Waals surface area contributed by atoms with E-state index in [1.807, 2.05) is 24.3 Å². The summed E-state index contributed by atoms with van der Waals surface area (Å²) >= 11 is 2.23. The summed E-state index contributed by atoms with van der Waals surface area (Å²) in [5.41, 5.74) is 1.93. The summed E-state index contributed by atoms with van der Waals surface area (Å²) in [6, 6.07) is 12.7. The van der Waals surface area contributed by atoms with Gasteiger partial charge in [-0.05, 0) is 40.8 Å². The summed E-state index contributed by atoms with van der Waals surface area (Å²) in [6.45, 7) is 0.0952. The molecule has 1 amide bonds. The van der Waals surface area contributed by atoms with E-state index in [-0.39, 0.29) is 18.6 Å². The van der Waals surface area contributed by atoms with Gasteiger partial charge in [-0.3, -0.25) is 10.1 Å². The van der Waals surface area contributed by atoms with Crippen molar-refractivity contribution in [1.29, 1.82) is 0 Å². The number of nitrogens with one attached hydrogen (secondary N) is 1. The van der Waals surface area contributed by atoms with Crippen molar-refractivity contribution in [2.24, 2.45) is 0 Å². The molecule has 0 atom stereocenters. The van der Waals surface area contributed by atoms with Gasteiger partial charge in [0.15, 0.2) is 6.79 Å². The molecule has 2 heterocycles. The Labute approximate surface area is 157 Å². The van der Waals surface area contributed by atoms with E-state index in [9.17, 15) is 4.79 Å². The predicted molar refractivity (Wildman–Crippen MR) is 99.4 cm³/mol. The predicted octanol–water partition coefficient (Wildman–Crippen LogP) is 3.58. The summed E-state index contributed by atoms with van der Waals surface area (Å²) < 4.78 is 16.3. The highest BCUT2D eigenvalue weighted by molar-refractivity contribution is 14.1. The van der Waals surface area contributed by atoms with Gasteiger partial charge in [0.1, 0.15) is 5.69 Å². The third-order valence-corrected chi connectivity index (χ3v) is 3.93. The highest BCUT2D eigenvalue weighted by Gasteiger charge is 2.12. The van der Waals surface area contributed by atoms with Gasteiger partial charge in [-0.2, -0.15) is 0 Å². The minimum atomic E-state index is -0.351. The number of nitrogens with zero attached hydrogens (tertiary/aromatic N) is 2. The zero-order chi connectivity index (χ0) is 17.6. The molecule has 0 fully saturated rings. The lowest BCUT2D eigenvalue weighted by atomic mass is 10.1. The molecule has 0 aliphatic rings. The van der Waals surface area contributed by atoms with Crippen LogP contribution in [0, 0.1) is 3.57 Å². The number of carbonyl (C=O) groups is 1. The average Bonchev–Trinajstić information content (AvgIpc) is 3.09. The first-order chi connectivity index (χ1) is 12.2. The highest BCUT2D eigenvalue weighted by atomic mass is 127. The van der Waals surface area contributed by atoms with Crippen LogP contribution >= 0.6 is 22.6 Å². The lowest BCUT2D eigenvalue weighted by Gasteiger charge is -2.04. The molecule has 8 heteroatoms. The Bertz CT molecular complexity index is 847. The first kappa shape index (κ1) is 17.4. The number of pyridine rings is 1. The first-order valence-corrected chi connectivity index (χ1v) is 8.35. The van der Waals surface area contributed by atoms with Gasteiger partial charge in [-0.1, -0.05) is 17.3 Å². The maximum atomic E-state index is 12.2. The van der Waals surface area contributed by atoms with Crippen LogP contribution in [0.4, 0.5) is 5.88 Å². The van der Waals surface area contributed by atoms with E-state index in [1.165, 1.54) is 13.3 Å². The zero-order valence-electron chi connectivity index (χ0n) is 13.2. The van der Waals surface area contributed by atoms with E-state index in [4.69, 9.17) is 14.0 Å². The second-order valence-electron chi connectivity index (χ2n) is 4.97. The average molecular weight is 451 g/mol. The van der Waals surface area contributed by atoms with Gasteiger partial charge in [-0.25, -0.2) is 4.98 Å². The third-order valence-electron chi connectivity index (χ3n) is 3.21. The van der Waals surface area contributed by atoms with Crippen LogP contribution in [0.3, 0.4) is 0 Å².